The van der Waals surface area contributed by atoms with Gasteiger partial charge in [-0.25, -0.2) is 14.4 Å². The number of para-hydroxylation sites is 1. The molecular weight excluding hydrogens is 221 g/mol. The van der Waals surface area contributed by atoms with Crippen LogP contribution < -0.4 is 5.73 Å². The Bertz CT molecular complexity index is 567. The van der Waals surface area contributed by atoms with Gasteiger partial charge in [0.2, 0.25) is 5.95 Å². The first-order valence-electron chi connectivity index (χ1n) is 5.59. The lowest BCUT2D eigenvalue weighted by atomic mass is 10.1. The van der Waals surface area contributed by atoms with Crippen LogP contribution in [0.25, 0.3) is 10.9 Å². The molecule has 5 heteroatoms. The van der Waals surface area contributed by atoms with E-state index in [2.05, 4.69) is 9.97 Å². The highest BCUT2D eigenvalue weighted by molar-refractivity contribution is 5.82. The molecule has 1 saturated heterocycles. The Hall–Kier alpha value is -1.75. The highest BCUT2D eigenvalue weighted by atomic mass is 19.1. The maximum absolute atomic E-state index is 13.6. The summed E-state index contributed by atoms with van der Waals surface area (Å²) in [5.41, 5.74) is 6.58. The van der Waals surface area contributed by atoms with Crippen molar-refractivity contribution in [2.24, 2.45) is 0 Å². The fourth-order valence-electron chi connectivity index (χ4n) is 2.20. The second-order valence-electron chi connectivity index (χ2n) is 4.10. The minimum absolute atomic E-state index is 0.0908. The Morgan fingerprint density at radius 1 is 1.35 bits per heavy atom. The first kappa shape index (κ1) is 10.4. The highest BCUT2D eigenvalue weighted by Crippen LogP contribution is 2.32. The van der Waals surface area contributed by atoms with Crippen LogP contribution in [0.15, 0.2) is 18.2 Å². The molecule has 0 bridgehead atoms. The Morgan fingerprint density at radius 2 is 2.24 bits per heavy atom. The van der Waals surface area contributed by atoms with E-state index in [1.165, 1.54) is 6.07 Å². The lowest BCUT2D eigenvalue weighted by Gasteiger charge is -2.12. The standard InChI is InChI=1S/C12H12FN3O/c13-8-4-1-3-7-10(8)15-12(14)16-11(7)9-5-2-6-17-9/h1,3-4,9H,2,5-6H2,(H2,14,15,16). The summed E-state index contributed by atoms with van der Waals surface area (Å²) in [5.74, 6) is -0.288. The summed E-state index contributed by atoms with van der Waals surface area (Å²) in [4.78, 5) is 8.14. The second kappa shape index (κ2) is 3.92. The first-order valence-corrected chi connectivity index (χ1v) is 5.59. The fourth-order valence-corrected chi connectivity index (χ4v) is 2.20. The third kappa shape index (κ3) is 1.72. The van der Waals surface area contributed by atoms with E-state index >= 15 is 0 Å². The average Bonchev–Trinajstić information content (AvgIpc) is 2.83. The van der Waals surface area contributed by atoms with Crippen molar-refractivity contribution in [3.05, 3.63) is 29.7 Å². The van der Waals surface area contributed by atoms with E-state index in [1.54, 1.807) is 12.1 Å². The lowest BCUT2D eigenvalue weighted by molar-refractivity contribution is 0.110. The molecule has 2 N–H and O–H groups in total. The number of nitrogens with two attached hydrogens (primary N) is 1. The van der Waals surface area contributed by atoms with E-state index in [1.807, 2.05) is 0 Å². The molecular formula is C12H12FN3O. The average molecular weight is 233 g/mol. The van der Waals surface area contributed by atoms with Gasteiger partial charge in [0, 0.05) is 12.0 Å². The van der Waals surface area contributed by atoms with Crippen LogP contribution in [0.2, 0.25) is 0 Å². The molecule has 88 valence electrons. The summed E-state index contributed by atoms with van der Waals surface area (Å²) in [5, 5.41) is 0.686. The molecule has 0 radical (unpaired) electrons. The summed E-state index contributed by atoms with van der Waals surface area (Å²) in [6, 6.07) is 4.82. The Morgan fingerprint density at radius 3 is 3.00 bits per heavy atom. The third-order valence-corrected chi connectivity index (χ3v) is 2.96. The maximum atomic E-state index is 13.6. The maximum Gasteiger partial charge on any atom is 0.221 e. The molecule has 2 heterocycles. The summed E-state index contributed by atoms with van der Waals surface area (Å²) in [7, 11) is 0. The van der Waals surface area contributed by atoms with Gasteiger partial charge >= 0.3 is 0 Å². The number of halogens is 1. The second-order valence-corrected chi connectivity index (χ2v) is 4.10. The number of ether oxygens (including phenoxy) is 1. The Labute approximate surface area is 97.6 Å². The van der Waals surface area contributed by atoms with Crippen LogP contribution in [0.1, 0.15) is 24.6 Å². The number of nitrogen functional groups attached to an aromatic ring is 1. The zero-order valence-electron chi connectivity index (χ0n) is 9.19. The van der Waals surface area contributed by atoms with Crippen molar-refractivity contribution in [1.82, 2.24) is 9.97 Å². The smallest absolute Gasteiger partial charge is 0.221 e. The molecule has 1 fully saturated rings. The summed E-state index contributed by atoms with van der Waals surface area (Å²) >= 11 is 0. The van der Waals surface area contributed by atoms with Gasteiger partial charge in [-0.2, -0.15) is 0 Å². The molecule has 0 aliphatic carbocycles. The van der Waals surface area contributed by atoms with Crippen molar-refractivity contribution >= 4 is 16.9 Å². The molecule has 1 aliphatic rings. The van der Waals surface area contributed by atoms with Crippen molar-refractivity contribution in [1.29, 1.82) is 0 Å². The molecule has 4 nitrogen and oxygen atoms in total. The summed E-state index contributed by atoms with van der Waals surface area (Å²) < 4.78 is 19.2. The molecule has 0 amide bonds. The molecule has 1 aromatic carbocycles. The number of benzene rings is 1. The number of anilines is 1. The molecule has 0 saturated carbocycles. The predicted molar refractivity (Wildman–Crippen MR) is 61.8 cm³/mol. The Kier molecular flexibility index (Phi) is 2.40. The topological polar surface area (TPSA) is 61.0 Å². The van der Waals surface area contributed by atoms with Crippen LogP contribution in [-0.2, 0) is 4.74 Å². The number of rotatable bonds is 1. The quantitative estimate of drug-likeness (QED) is 0.820. The van der Waals surface area contributed by atoms with Gasteiger partial charge in [0.05, 0.1) is 5.69 Å². The molecule has 2 aromatic rings. The van der Waals surface area contributed by atoms with Crippen LogP contribution in [0.5, 0.6) is 0 Å². The van der Waals surface area contributed by atoms with E-state index in [4.69, 9.17) is 10.5 Å². The SMILES string of the molecule is Nc1nc(C2CCCO2)c2cccc(F)c2n1. The van der Waals surface area contributed by atoms with Crippen molar-refractivity contribution in [3.63, 3.8) is 0 Å². The van der Waals surface area contributed by atoms with Crippen molar-refractivity contribution in [3.8, 4) is 0 Å². The number of aromatic nitrogens is 2. The van der Waals surface area contributed by atoms with Crippen LogP contribution in [0.4, 0.5) is 10.3 Å². The number of nitrogens with zero attached hydrogens (tertiary/aromatic N) is 2. The molecule has 3 rings (SSSR count). The van der Waals surface area contributed by atoms with Crippen LogP contribution in [-0.4, -0.2) is 16.6 Å². The van der Waals surface area contributed by atoms with E-state index < -0.39 is 0 Å². The van der Waals surface area contributed by atoms with E-state index in [9.17, 15) is 4.39 Å². The largest absolute Gasteiger partial charge is 0.372 e. The number of hydrogen-bond acceptors (Lipinski definition) is 4. The summed E-state index contributed by atoms with van der Waals surface area (Å²) in [6.45, 7) is 0.714. The minimum atomic E-state index is -0.379. The van der Waals surface area contributed by atoms with E-state index in [0.29, 0.717) is 17.7 Å². The van der Waals surface area contributed by atoms with Gasteiger partial charge in [0.25, 0.3) is 0 Å². The molecule has 1 aromatic heterocycles. The highest BCUT2D eigenvalue weighted by Gasteiger charge is 2.23. The molecule has 0 spiro atoms. The molecule has 1 atom stereocenters. The Balaban J connectivity index is 2.25. The lowest BCUT2D eigenvalue weighted by Crippen LogP contribution is -2.06. The summed E-state index contributed by atoms with van der Waals surface area (Å²) in [6.07, 6.45) is 1.79. The van der Waals surface area contributed by atoms with Crippen molar-refractivity contribution in [2.75, 3.05) is 12.3 Å². The third-order valence-electron chi connectivity index (χ3n) is 2.96. The van der Waals surface area contributed by atoms with Gasteiger partial charge in [-0.3, -0.25) is 0 Å². The van der Waals surface area contributed by atoms with Gasteiger partial charge in [-0.15, -0.1) is 0 Å². The fraction of sp³-hybridized carbons (Fsp3) is 0.333. The predicted octanol–water partition coefficient (Wildman–Crippen LogP) is 2.20. The van der Waals surface area contributed by atoms with Gasteiger partial charge < -0.3 is 10.5 Å². The molecule has 1 aliphatic heterocycles. The minimum Gasteiger partial charge on any atom is -0.372 e. The van der Waals surface area contributed by atoms with Gasteiger partial charge in [-0.1, -0.05) is 12.1 Å². The van der Waals surface area contributed by atoms with E-state index in [0.717, 1.165) is 12.8 Å². The van der Waals surface area contributed by atoms with Crippen molar-refractivity contribution < 1.29 is 9.13 Å². The first-order chi connectivity index (χ1) is 8.25. The van der Waals surface area contributed by atoms with Gasteiger partial charge in [0.15, 0.2) is 0 Å². The number of fused-ring (bicyclic) bond motifs is 1. The normalized spacial score (nSPS) is 19.9. The van der Waals surface area contributed by atoms with Crippen molar-refractivity contribution in [2.45, 2.75) is 18.9 Å². The van der Waals surface area contributed by atoms with Gasteiger partial charge in [0.1, 0.15) is 17.4 Å². The van der Waals surface area contributed by atoms with Crippen LogP contribution in [0.3, 0.4) is 0 Å². The zero-order chi connectivity index (χ0) is 11.8. The molecule has 1 unspecified atom stereocenters. The monoisotopic (exact) mass is 233 g/mol. The molecule has 17 heavy (non-hydrogen) atoms. The van der Waals surface area contributed by atoms with Crippen LogP contribution >= 0.6 is 0 Å². The number of hydrogen-bond donors (Lipinski definition) is 1. The van der Waals surface area contributed by atoms with E-state index in [-0.39, 0.29) is 23.4 Å². The van der Waals surface area contributed by atoms with Crippen LogP contribution in [0, 0.1) is 5.82 Å². The van der Waals surface area contributed by atoms with Gasteiger partial charge in [-0.05, 0) is 18.9 Å². The zero-order valence-corrected chi connectivity index (χ0v) is 9.19.